The van der Waals surface area contributed by atoms with Gasteiger partial charge < -0.3 is 5.32 Å². The lowest BCUT2D eigenvalue weighted by molar-refractivity contribution is 0.0951. The Morgan fingerprint density at radius 3 is 2.11 bits per heavy atom. The number of carbonyl (C=O) groups is 1. The maximum Gasteiger partial charge on any atom is 0.264 e. The molecule has 4 aromatic rings. The number of halogens is 1. The predicted octanol–water partition coefficient (Wildman–Crippen LogP) is 5.97. The zero-order chi connectivity index (χ0) is 24.8. The van der Waals surface area contributed by atoms with Gasteiger partial charge in [0.1, 0.15) is 0 Å². The van der Waals surface area contributed by atoms with Crippen LogP contribution in [0.25, 0.3) is 0 Å². The molecule has 35 heavy (non-hydrogen) atoms. The Morgan fingerprint density at radius 1 is 0.829 bits per heavy atom. The molecule has 4 rings (SSSR count). The monoisotopic (exact) mass is 504 g/mol. The number of rotatable bonds is 8. The van der Waals surface area contributed by atoms with Crippen LogP contribution >= 0.6 is 11.6 Å². The number of hydrogen-bond donors (Lipinski definition) is 1. The summed E-state index contributed by atoms with van der Waals surface area (Å²) in [5, 5.41) is 3.35. The Bertz CT molecular complexity index is 1410. The molecule has 0 bridgehead atoms. The summed E-state index contributed by atoms with van der Waals surface area (Å²) < 4.78 is 28.6. The molecule has 0 atom stereocenters. The van der Waals surface area contributed by atoms with E-state index in [1.54, 1.807) is 72.8 Å². The summed E-state index contributed by atoms with van der Waals surface area (Å²) in [5.41, 5.74) is 3.54. The van der Waals surface area contributed by atoms with Crippen molar-refractivity contribution in [1.82, 2.24) is 5.32 Å². The summed E-state index contributed by atoms with van der Waals surface area (Å²) in [6.07, 6.45) is 0. The van der Waals surface area contributed by atoms with Gasteiger partial charge in [0.25, 0.3) is 15.9 Å². The van der Waals surface area contributed by atoms with Crippen LogP contribution in [0.3, 0.4) is 0 Å². The molecule has 0 unspecified atom stereocenters. The molecule has 1 N–H and O–H groups in total. The molecular weight excluding hydrogens is 480 g/mol. The van der Waals surface area contributed by atoms with Crippen LogP contribution in [0, 0.1) is 6.92 Å². The highest BCUT2D eigenvalue weighted by Gasteiger charge is 2.26. The van der Waals surface area contributed by atoms with Gasteiger partial charge in [0.05, 0.1) is 17.1 Å². The Hall–Kier alpha value is -3.61. The van der Waals surface area contributed by atoms with Crippen molar-refractivity contribution in [3.05, 3.63) is 130 Å². The average Bonchev–Trinajstić information content (AvgIpc) is 2.89. The largest absolute Gasteiger partial charge is 0.348 e. The second-order valence-corrected chi connectivity index (χ2v) is 10.4. The predicted molar refractivity (Wildman–Crippen MR) is 140 cm³/mol. The quantitative estimate of drug-likeness (QED) is 0.321. The molecule has 0 aromatic heterocycles. The molecule has 0 spiro atoms. The molecule has 0 aliphatic rings. The van der Waals surface area contributed by atoms with Crippen molar-refractivity contribution in [2.45, 2.75) is 24.9 Å². The molecule has 0 heterocycles. The minimum atomic E-state index is -3.86. The minimum Gasteiger partial charge on any atom is -0.348 e. The molecule has 4 aromatic carbocycles. The fourth-order valence-electron chi connectivity index (χ4n) is 3.68. The molecule has 178 valence electrons. The molecule has 0 aliphatic carbocycles. The van der Waals surface area contributed by atoms with Crippen molar-refractivity contribution >= 4 is 33.2 Å². The fourth-order valence-corrected chi connectivity index (χ4v) is 5.37. The lowest BCUT2D eigenvalue weighted by Gasteiger charge is -2.26. The van der Waals surface area contributed by atoms with Crippen LogP contribution in [0.15, 0.2) is 108 Å². The zero-order valence-electron chi connectivity index (χ0n) is 19.2. The molecule has 0 radical (unpaired) electrons. The summed E-state index contributed by atoms with van der Waals surface area (Å²) in [6, 6.07) is 30.1. The highest BCUT2D eigenvalue weighted by molar-refractivity contribution is 7.92. The Balaban J connectivity index is 1.59. The van der Waals surface area contributed by atoms with Gasteiger partial charge in [-0.15, -0.1) is 0 Å². The van der Waals surface area contributed by atoms with E-state index in [9.17, 15) is 13.2 Å². The number of benzene rings is 4. The lowest BCUT2D eigenvalue weighted by atomic mass is 10.1. The minimum absolute atomic E-state index is 0.0876. The molecule has 0 aliphatic heterocycles. The zero-order valence-corrected chi connectivity index (χ0v) is 20.8. The van der Waals surface area contributed by atoms with Crippen LogP contribution in [0.4, 0.5) is 5.69 Å². The molecule has 0 saturated carbocycles. The number of amides is 1. The lowest BCUT2D eigenvalue weighted by Crippen LogP contribution is -2.31. The van der Waals surface area contributed by atoms with Gasteiger partial charge in [0.15, 0.2) is 0 Å². The normalized spacial score (nSPS) is 11.1. The summed E-state index contributed by atoms with van der Waals surface area (Å²) in [4.78, 5) is 12.8. The van der Waals surface area contributed by atoms with Gasteiger partial charge in [0.2, 0.25) is 0 Å². The van der Waals surface area contributed by atoms with Crippen molar-refractivity contribution < 1.29 is 13.2 Å². The van der Waals surface area contributed by atoms with Crippen LogP contribution in [-0.4, -0.2) is 14.3 Å². The maximum absolute atomic E-state index is 13.6. The van der Waals surface area contributed by atoms with Crippen LogP contribution < -0.4 is 9.62 Å². The molecule has 5 nitrogen and oxygen atoms in total. The van der Waals surface area contributed by atoms with E-state index in [4.69, 9.17) is 11.6 Å². The third-order valence-electron chi connectivity index (χ3n) is 5.61. The van der Waals surface area contributed by atoms with Gasteiger partial charge in [-0.05, 0) is 60.0 Å². The maximum atomic E-state index is 13.6. The highest BCUT2D eigenvalue weighted by Crippen LogP contribution is 2.31. The standard InChI is InChI=1S/C28H25ClN2O3S/c1-21-12-17-25(29)18-27(21)31(35(33,34)26-10-6-3-7-11-26)20-23-13-15-24(16-14-23)28(32)30-19-22-8-4-2-5-9-22/h2-18H,19-20H2,1H3,(H,30,32). The van der Waals surface area contributed by atoms with Crippen molar-refractivity contribution in [2.24, 2.45) is 0 Å². The van der Waals surface area contributed by atoms with Crippen LogP contribution in [-0.2, 0) is 23.1 Å². The number of hydrogen-bond acceptors (Lipinski definition) is 3. The fraction of sp³-hybridized carbons (Fsp3) is 0.107. The van der Waals surface area contributed by atoms with Crippen molar-refractivity contribution in [1.29, 1.82) is 0 Å². The van der Waals surface area contributed by atoms with Gasteiger partial charge >= 0.3 is 0 Å². The third kappa shape index (κ3) is 5.91. The van der Waals surface area contributed by atoms with E-state index in [-0.39, 0.29) is 17.3 Å². The van der Waals surface area contributed by atoms with Crippen LogP contribution in [0.5, 0.6) is 0 Å². The van der Waals surface area contributed by atoms with Gasteiger partial charge in [-0.3, -0.25) is 9.10 Å². The van der Waals surface area contributed by atoms with E-state index >= 15 is 0 Å². The summed E-state index contributed by atoms with van der Waals surface area (Å²) in [7, 11) is -3.86. The topological polar surface area (TPSA) is 66.5 Å². The number of carbonyl (C=O) groups excluding carboxylic acids is 1. The molecule has 7 heteroatoms. The van der Waals surface area contributed by atoms with E-state index in [0.29, 0.717) is 22.8 Å². The summed E-state index contributed by atoms with van der Waals surface area (Å²) >= 11 is 6.22. The van der Waals surface area contributed by atoms with Gasteiger partial charge in [0, 0.05) is 17.1 Å². The smallest absolute Gasteiger partial charge is 0.264 e. The van der Waals surface area contributed by atoms with E-state index in [1.807, 2.05) is 37.3 Å². The summed E-state index contributed by atoms with van der Waals surface area (Å²) in [6.45, 7) is 2.36. The second-order valence-electron chi connectivity index (χ2n) is 8.12. The van der Waals surface area contributed by atoms with E-state index in [2.05, 4.69) is 5.32 Å². The average molecular weight is 505 g/mol. The Labute approximate surface area is 211 Å². The van der Waals surface area contributed by atoms with Gasteiger partial charge in [-0.25, -0.2) is 8.42 Å². The van der Waals surface area contributed by atoms with Crippen molar-refractivity contribution in [2.75, 3.05) is 4.31 Å². The highest BCUT2D eigenvalue weighted by atomic mass is 35.5. The first-order valence-electron chi connectivity index (χ1n) is 11.1. The van der Waals surface area contributed by atoms with Crippen LogP contribution in [0.1, 0.15) is 27.0 Å². The molecule has 0 fully saturated rings. The molecule has 1 amide bonds. The first-order chi connectivity index (χ1) is 16.8. The SMILES string of the molecule is Cc1ccc(Cl)cc1N(Cc1ccc(C(=O)NCc2ccccc2)cc1)S(=O)(=O)c1ccccc1. The first kappa shape index (κ1) is 24.5. The van der Waals surface area contributed by atoms with E-state index in [1.165, 1.54) is 4.31 Å². The molecule has 0 saturated heterocycles. The van der Waals surface area contributed by atoms with Crippen molar-refractivity contribution in [3.63, 3.8) is 0 Å². The molecular formula is C28H25ClN2O3S. The van der Waals surface area contributed by atoms with Gasteiger partial charge in [-0.2, -0.15) is 0 Å². The Morgan fingerprint density at radius 2 is 1.46 bits per heavy atom. The second kappa shape index (κ2) is 10.8. The number of anilines is 1. The summed E-state index contributed by atoms with van der Waals surface area (Å²) in [5.74, 6) is -0.195. The number of aryl methyl sites for hydroxylation is 1. The van der Waals surface area contributed by atoms with Gasteiger partial charge in [-0.1, -0.05) is 78.3 Å². The first-order valence-corrected chi connectivity index (χ1v) is 12.9. The number of nitrogens with zero attached hydrogens (tertiary/aromatic N) is 1. The van der Waals surface area contributed by atoms with Crippen molar-refractivity contribution in [3.8, 4) is 0 Å². The third-order valence-corrected chi connectivity index (χ3v) is 7.62. The van der Waals surface area contributed by atoms with Crippen LogP contribution in [0.2, 0.25) is 5.02 Å². The number of nitrogens with one attached hydrogen (secondary N) is 1. The Kier molecular flexibility index (Phi) is 7.54. The van der Waals surface area contributed by atoms with E-state index in [0.717, 1.165) is 16.7 Å². The number of sulfonamides is 1. The van der Waals surface area contributed by atoms with E-state index < -0.39 is 10.0 Å².